The third-order valence-corrected chi connectivity index (χ3v) is 2.20. The van der Waals surface area contributed by atoms with Gasteiger partial charge in [0.1, 0.15) is 0 Å². The second-order valence-corrected chi connectivity index (χ2v) is 3.40. The number of rotatable bonds is 2. The molecular formula is C11H14N2. The number of nitrogens with one attached hydrogen (secondary N) is 2. The molecule has 0 unspecified atom stereocenters. The smallest absolute Gasteiger partial charge is 0.0456 e. The number of fused-ring (bicyclic) bond motifs is 1. The van der Waals surface area contributed by atoms with Crippen molar-refractivity contribution >= 4 is 10.9 Å². The van der Waals surface area contributed by atoms with Crippen LogP contribution < -0.4 is 5.32 Å². The summed E-state index contributed by atoms with van der Waals surface area (Å²) >= 11 is 0. The van der Waals surface area contributed by atoms with Gasteiger partial charge in [-0.1, -0.05) is 6.07 Å². The van der Waals surface area contributed by atoms with Crippen LogP contribution >= 0.6 is 0 Å². The largest absolute Gasteiger partial charge is 0.359 e. The van der Waals surface area contributed by atoms with Gasteiger partial charge in [0.05, 0.1) is 0 Å². The van der Waals surface area contributed by atoms with Gasteiger partial charge in [0.15, 0.2) is 0 Å². The van der Waals surface area contributed by atoms with E-state index in [1.807, 2.05) is 7.05 Å². The van der Waals surface area contributed by atoms with E-state index in [1.165, 1.54) is 22.2 Å². The molecule has 2 rings (SSSR count). The van der Waals surface area contributed by atoms with Gasteiger partial charge in [0.2, 0.25) is 0 Å². The molecule has 1 heterocycles. The van der Waals surface area contributed by atoms with Gasteiger partial charge in [0.25, 0.3) is 0 Å². The van der Waals surface area contributed by atoms with Crippen molar-refractivity contribution in [2.45, 2.75) is 13.5 Å². The summed E-state index contributed by atoms with van der Waals surface area (Å²) in [5, 5.41) is 4.44. The lowest BCUT2D eigenvalue weighted by Gasteiger charge is -1.98. The van der Waals surface area contributed by atoms with E-state index in [2.05, 4.69) is 41.5 Å². The molecule has 0 bridgehead atoms. The van der Waals surface area contributed by atoms with Crippen LogP contribution in [0, 0.1) is 6.92 Å². The maximum Gasteiger partial charge on any atom is 0.0456 e. The van der Waals surface area contributed by atoms with Gasteiger partial charge >= 0.3 is 0 Å². The number of aryl methyl sites for hydroxylation is 1. The molecule has 0 amide bonds. The Hall–Kier alpha value is -1.28. The minimum absolute atomic E-state index is 0.931. The van der Waals surface area contributed by atoms with Crippen LogP contribution in [0.3, 0.4) is 0 Å². The van der Waals surface area contributed by atoms with Crippen LogP contribution in [0.2, 0.25) is 0 Å². The highest BCUT2D eigenvalue weighted by Gasteiger charge is 1.97. The molecule has 2 nitrogen and oxygen atoms in total. The molecule has 0 spiro atoms. The fourth-order valence-electron chi connectivity index (χ4n) is 1.64. The number of aromatic amines is 1. The minimum atomic E-state index is 0.931. The standard InChI is InChI=1S/C11H14N2/c1-8-5-10-6-9(7-12-2)3-4-11(10)13-8/h3-6,12-13H,7H2,1-2H3. The molecule has 0 fully saturated rings. The van der Waals surface area contributed by atoms with Crippen LogP contribution in [0.4, 0.5) is 0 Å². The quantitative estimate of drug-likeness (QED) is 0.717. The predicted octanol–water partition coefficient (Wildman–Crippen LogP) is 2.20. The van der Waals surface area contributed by atoms with Gasteiger partial charge in [0, 0.05) is 17.8 Å². The average Bonchev–Trinajstić information content (AvgIpc) is 2.44. The molecule has 13 heavy (non-hydrogen) atoms. The second kappa shape index (κ2) is 3.23. The maximum atomic E-state index is 3.31. The summed E-state index contributed by atoms with van der Waals surface area (Å²) in [7, 11) is 1.96. The molecule has 0 radical (unpaired) electrons. The monoisotopic (exact) mass is 174 g/mol. The van der Waals surface area contributed by atoms with Gasteiger partial charge in [-0.2, -0.15) is 0 Å². The van der Waals surface area contributed by atoms with E-state index in [9.17, 15) is 0 Å². The van der Waals surface area contributed by atoms with E-state index in [1.54, 1.807) is 0 Å². The first-order valence-corrected chi connectivity index (χ1v) is 4.52. The fraction of sp³-hybridized carbons (Fsp3) is 0.273. The van der Waals surface area contributed by atoms with Crippen molar-refractivity contribution in [1.82, 2.24) is 10.3 Å². The van der Waals surface area contributed by atoms with Crippen LogP contribution in [0.1, 0.15) is 11.3 Å². The van der Waals surface area contributed by atoms with Gasteiger partial charge in [-0.15, -0.1) is 0 Å². The first kappa shape index (κ1) is 8.32. The number of hydrogen-bond acceptors (Lipinski definition) is 1. The van der Waals surface area contributed by atoms with E-state index in [0.717, 1.165) is 6.54 Å². The molecule has 2 heteroatoms. The molecule has 0 atom stereocenters. The Bertz CT molecular complexity index is 415. The predicted molar refractivity (Wildman–Crippen MR) is 55.8 cm³/mol. The molecule has 0 saturated carbocycles. The van der Waals surface area contributed by atoms with Crippen molar-refractivity contribution in [2.75, 3.05) is 7.05 Å². The zero-order valence-corrected chi connectivity index (χ0v) is 8.02. The summed E-state index contributed by atoms with van der Waals surface area (Å²) in [5.41, 5.74) is 3.77. The van der Waals surface area contributed by atoms with Gasteiger partial charge in [-0.3, -0.25) is 0 Å². The molecular weight excluding hydrogens is 160 g/mol. The van der Waals surface area contributed by atoms with Crippen LogP contribution in [0.15, 0.2) is 24.3 Å². The van der Waals surface area contributed by atoms with Crippen molar-refractivity contribution in [1.29, 1.82) is 0 Å². The van der Waals surface area contributed by atoms with Gasteiger partial charge in [-0.25, -0.2) is 0 Å². The highest BCUT2D eigenvalue weighted by molar-refractivity contribution is 5.81. The first-order chi connectivity index (χ1) is 6.29. The summed E-state index contributed by atoms with van der Waals surface area (Å²) in [6.45, 7) is 3.01. The SMILES string of the molecule is CNCc1ccc2[nH]c(C)cc2c1. The van der Waals surface area contributed by atoms with Crippen LogP contribution in [-0.4, -0.2) is 12.0 Å². The Morgan fingerprint density at radius 2 is 2.15 bits per heavy atom. The highest BCUT2D eigenvalue weighted by atomic mass is 14.8. The third-order valence-electron chi connectivity index (χ3n) is 2.20. The Labute approximate surface area is 78.0 Å². The first-order valence-electron chi connectivity index (χ1n) is 4.52. The molecule has 0 saturated heterocycles. The molecule has 0 aliphatic carbocycles. The number of H-pyrrole nitrogens is 1. The van der Waals surface area contributed by atoms with E-state index >= 15 is 0 Å². The summed E-state index contributed by atoms with van der Waals surface area (Å²) in [5.74, 6) is 0. The van der Waals surface area contributed by atoms with Crippen LogP contribution in [-0.2, 0) is 6.54 Å². The van der Waals surface area contributed by atoms with Crippen molar-refractivity contribution < 1.29 is 0 Å². The maximum absolute atomic E-state index is 3.31. The summed E-state index contributed by atoms with van der Waals surface area (Å²) in [6.07, 6.45) is 0. The lowest BCUT2D eigenvalue weighted by atomic mass is 10.1. The number of benzene rings is 1. The van der Waals surface area contributed by atoms with Crippen molar-refractivity contribution in [2.24, 2.45) is 0 Å². The summed E-state index contributed by atoms with van der Waals surface area (Å²) < 4.78 is 0. The Balaban J connectivity index is 2.48. The van der Waals surface area contributed by atoms with Crippen LogP contribution in [0.5, 0.6) is 0 Å². The third kappa shape index (κ3) is 1.58. The molecule has 1 aromatic carbocycles. The Morgan fingerprint density at radius 3 is 2.92 bits per heavy atom. The molecule has 0 aliphatic heterocycles. The lowest BCUT2D eigenvalue weighted by molar-refractivity contribution is 0.819. The van der Waals surface area contributed by atoms with E-state index in [-0.39, 0.29) is 0 Å². The molecule has 1 aromatic heterocycles. The lowest BCUT2D eigenvalue weighted by Crippen LogP contribution is -2.04. The Kier molecular flexibility index (Phi) is 2.07. The van der Waals surface area contributed by atoms with Crippen molar-refractivity contribution in [3.05, 3.63) is 35.5 Å². The normalized spacial score (nSPS) is 10.9. The molecule has 0 aliphatic rings. The van der Waals surface area contributed by atoms with E-state index in [0.29, 0.717) is 0 Å². The van der Waals surface area contributed by atoms with Crippen molar-refractivity contribution in [3.63, 3.8) is 0 Å². The average molecular weight is 174 g/mol. The Morgan fingerprint density at radius 1 is 1.31 bits per heavy atom. The minimum Gasteiger partial charge on any atom is -0.359 e. The fourth-order valence-corrected chi connectivity index (χ4v) is 1.64. The number of hydrogen-bond donors (Lipinski definition) is 2. The zero-order valence-electron chi connectivity index (χ0n) is 8.02. The van der Waals surface area contributed by atoms with Crippen molar-refractivity contribution in [3.8, 4) is 0 Å². The van der Waals surface area contributed by atoms with E-state index in [4.69, 9.17) is 0 Å². The van der Waals surface area contributed by atoms with Gasteiger partial charge in [-0.05, 0) is 43.1 Å². The highest BCUT2D eigenvalue weighted by Crippen LogP contribution is 2.16. The molecule has 2 aromatic rings. The van der Waals surface area contributed by atoms with E-state index < -0.39 is 0 Å². The zero-order chi connectivity index (χ0) is 9.26. The molecule has 2 N–H and O–H groups in total. The second-order valence-electron chi connectivity index (χ2n) is 3.40. The van der Waals surface area contributed by atoms with Gasteiger partial charge < -0.3 is 10.3 Å². The summed E-state index contributed by atoms with van der Waals surface area (Å²) in [6, 6.07) is 8.67. The van der Waals surface area contributed by atoms with Crippen LogP contribution in [0.25, 0.3) is 10.9 Å². The number of aromatic nitrogens is 1. The topological polar surface area (TPSA) is 27.8 Å². The molecule has 68 valence electrons. The summed E-state index contributed by atoms with van der Waals surface area (Å²) in [4.78, 5) is 3.31.